The number of hydrogen-bond donors (Lipinski definition) is 1. The van der Waals surface area contributed by atoms with Crippen LogP contribution >= 0.6 is 0 Å². The molecule has 0 unspecified atom stereocenters. The van der Waals surface area contributed by atoms with E-state index in [-0.39, 0.29) is 29.2 Å². The summed E-state index contributed by atoms with van der Waals surface area (Å²) in [5.41, 5.74) is -0.0629. The Balaban J connectivity index is 1.79. The van der Waals surface area contributed by atoms with Gasteiger partial charge < -0.3 is 14.5 Å². The first-order valence-corrected chi connectivity index (χ1v) is 11.7. The highest BCUT2D eigenvalue weighted by Crippen LogP contribution is 2.29. The molecule has 0 aliphatic rings. The van der Waals surface area contributed by atoms with E-state index < -0.39 is 28.0 Å². The van der Waals surface area contributed by atoms with Crippen LogP contribution in [0.25, 0.3) is 17.3 Å². The van der Waals surface area contributed by atoms with Crippen molar-refractivity contribution < 1.29 is 23.3 Å². The van der Waals surface area contributed by atoms with E-state index >= 15 is 0 Å². The molecule has 0 spiro atoms. The number of nitro groups is 1. The second-order valence-electron chi connectivity index (χ2n) is 9.31. The average molecular weight is 517 g/mol. The predicted octanol–water partition coefficient (Wildman–Crippen LogP) is 6.17. The first kappa shape index (κ1) is 26.2. The zero-order chi connectivity index (χ0) is 27.3. The van der Waals surface area contributed by atoms with Gasteiger partial charge >= 0.3 is 11.7 Å². The summed E-state index contributed by atoms with van der Waals surface area (Å²) in [7, 11) is 0. The fourth-order valence-electron chi connectivity index (χ4n) is 3.56. The molecular weight excluding hydrogens is 491 g/mol. The molecule has 0 atom stereocenters. The van der Waals surface area contributed by atoms with Crippen molar-refractivity contribution in [3.63, 3.8) is 0 Å². The Morgan fingerprint density at radius 2 is 1.89 bits per heavy atom. The maximum absolute atomic E-state index is 14.9. The number of ether oxygens (including phenoxy) is 1. The van der Waals surface area contributed by atoms with Crippen molar-refractivity contribution in [1.82, 2.24) is 9.97 Å². The number of rotatable bonds is 8. The van der Waals surface area contributed by atoms with Gasteiger partial charge in [-0.3, -0.25) is 10.1 Å². The van der Waals surface area contributed by atoms with Crippen LogP contribution in [0.3, 0.4) is 0 Å². The number of benzene rings is 2. The molecule has 0 fully saturated rings. The Kier molecular flexibility index (Phi) is 7.61. The predicted molar refractivity (Wildman–Crippen MR) is 139 cm³/mol. The molecule has 0 aliphatic heterocycles. The van der Waals surface area contributed by atoms with Crippen LogP contribution in [0.2, 0.25) is 0 Å². The summed E-state index contributed by atoms with van der Waals surface area (Å²) in [4.78, 5) is 32.5. The third-order valence-corrected chi connectivity index (χ3v) is 5.21. The van der Waals surface area contributed by atoms with Gasteiger partial charge in [-0.05, 0) is 44.5 Å². The minimum atomic E-state index is -1.01. The molecule has 0 aliphatic carbocycles. The van der Waals surface area contributed by atoms with Gasteiger partial charge in [0.15, 0.2) is 5.82 Å². The van der Waals surface area contributed by atoms with E-state index in [0.29, 0.717) is 11.5 Å². The summed E-state index contributed by atoms with van der Waals surface area (Å²) in [5, 5.41) is 14.2. The maximum atomic E-state index is 14.9. The Morgan fingerprint density at radius 3 is 2.55 bits per heavy atom. The lowest BCUT2D eigenvalue weighted by Crippen LogP contribution is -2.27. The molecule has 4 aromatic rings. The Labute approximate surface area is 218 Å². The summed E-state index contributed by atoms with van der Waals surface area (Å²) < 4.78 is 25.9. The van der Waals surface area contributed by atoms with E-state index in [0.717, 1.165) is 11.6 Å². The minimum Gasteiger partial charge on any atom is -0.465 e. The highest BCUT2D eigenvalue weighted by molar-refractivity contribution is 5.96. The monoisotopic (exact) mass is 516 g/mol. The summed E-state index contributed by atoms with van der Waals surface area (Å²) >= 11 is 0. The van der Waals surface area contributed by atoms with Gasteiger partial charge in [0.05, 0.1) is 28.8 Å². The molecule has 38 heavy (non-hydrogen) atoms. The van der Waals surface area contributed by atoms with Crippen LogP contribution in [-0.4, -0.2) is 26.5 Å². The van der Waals surface area contributed by atoms with E-state index in [1.165, 1.54) is 30.7 Å². The SMILES string of the molecule is CC(C)(C)OC(=O)C(=Cc1ccco1)Nc1ncc(-c2cccc([N+](=O)[O-])c2F)nc1Cc1ccccc1. The lowest BCUT2D eigenvalue weighted by Gasteiger charge is -2.21. The van der Waals surface area contributed by atoms with E-state index in [2.05, 4.69) is 15.3 Å². The second-order valence-corrected chi connectivity index (χ2v) is 9.31. The molecule has 10 heteroatoms. The van der Waals surface area contributed by atoms with Crippen molar-refractivity contribution >= 4 is 23.6 Å². The van der Waals surface area contributed by atoms with Crippen molar-refractivity contribution in [1.29, 1.82) is 0 Å². The third-order valence-electron chi connectivity index (χ3n) is 5.21. The average Bonchev–Trinajstić information content (AvgIpc) is 3.37. The maximum Gasteiger partial charge on any atom is 0.355 e. The lowest BCUT2D eigenvalue weighted by molar-refractivity contribution is -0.387. The number of nitrogens with zero attached hydrogens (tertiary/aromatic N) is 3. The van der Waals surface area contributed by atoms with Gasteiger partial charge in [-0.25, -0.2) is 14.8 Å². The molecule has 1 N–H and O–H groups in total. The van der Waals surface area contributed by atoms with Crippen LogP contribution in [0.15, 0.2) is 83.2 Å². The number of esters is 1. The quantitative estimate of drug-likeness (QED) is 0.128. The smallest absolute Gasteiger partial charge is 0.355 e. The topological polar surface area (TPSA) is 120 Å². The highest BCUT2D eigenvalue weighted by atomic mass is 19.1. The van der Waals surface area contributed by atoms with E-state index in [4.69, 9.17) is 9.15 Å². The molecule has 2 heterocycles. The lowest BCUT2D eigenvalue weighted by atomic mass is 10.1. The first-order chi connectivity index (χ1) is 18.1. The Hall–Kier alpha value is -4.86. The van der Waals surface area contributed by atoms with Crippen LogP contribution < -0.4 is 5.32 Å². The van der Waals surface area contributed by atoms with Crippen molar-refractivity contribution in [2.45, 2.75) is 32.8 Å². The third kappa shape index (κ3) is 6.47. The number of hydrogen-bond acceptors (Lipinski definition) is 8. The van der Waals surface area contributed by atoms with Crippen LogP contribution in [0.4, 0.5) is 15.9 Å². The zero-order valence-corrected chi connectivity index (χ0v) is 21.0. The van der Waals surface area contributed by atoms with Crippen LogP contribution in [0.5, 0.6) is 0 Å². The van der Waals surface area contributed by atoms with Gasteiger partial charge in [0, 0.05) is 24.1 Å². The van der Waals surface area contributed by atoms with Crippen molar-refractivity contribution in [2.75, 3.05) is 5.32 Å². The normalized spacial score (nSPS) is 11.7. The minimum absolute atomic E-state index is 0.0489. The Morgan fingerprint density at radius 1 is 1.13 bits per heavy atom. The molecule has 194 valence electrons. The molecule has 0 amide bonds. The van der Waals surface area contributed by atoms with Crippen LogP contribution in [0.1, 0.15) is 37.8 Å². The number of furan rings is 1. The molecule has 2 aromatic heterocycles. The fourth-order valence-corrected chi connectivity index (χ4v) is 3.56. The van der Waals surface area contributed by atoms with E-state index in [9.17, 15) is 19.3 Å². The number of halogens is 1. The summed E-state index contributed by atoms with van der Waals surface area (Å²) in [6.45, 7) is 5.25. The number of carbonyl (C=O) groups is 1. The summed E-state index contributed by atoms with van der Waals surface area (Å²) in [6.07, 6.45) is 4.53. The van der Waals surface area contributed by atoms with Crippen molar-refractivity contribution in [3.8, 4) is 11.3 Å². The van der Waals surface area contributed by atoms with Gasteiger partial charge in [0.2, 0.25) is 5.82 Å². The number of nitrogens with one attached hydrogen (secondary N) is 1. The summed E-state index contributed by atoms with van der Waals surface area (Å²) in [6, 6.07) is 16.6. The molecule has 0 bridgehead atoms. The van der Waals surface area contributed by atoms with Gasteiger partial charge in [0.25, 0.3) is 0 Å². The van der Waals surface area contributed by atoms with Crippen molar-refractivity contribution in [3.05, 3.63) is 112 Å². The molecular formula is C28H25FN4O5. The van der Waals surface area contributed by atoms with Gasteiger partial charge in [0.1, 0.15) is 17.1 Å². The van der Waals surface area contributed by atoms with Crippen molar-refractivity contribution in [2.24, 2.45) is 0 Å². The molecule has 0 saturated heterocycles. The molecule has 4 rings (SSSR count). The second kappa shape index (κ2) is 11.0. The zero-order valence-electron chi connectivity index (χ0n) is 21.0. The van der Waals surface area contributed by atoms with E-state index in [1.54, 1.807) is 32.9 Å². The number of carbonyl (C=O) groups excluding carboxylic acids is 1. The number of nitro benzene ring substituents is 1. The first-order valence-electron chi connectivity index (χ1n) is 11.7. The van der Waals surface area contributed by atoms with Gasteiger partial charge in [-0.15, -0.1) is 0 Å². The van der Waals surface area contributed by atoms with Gasteiger partial charge in [-0.2, -0.15) is 4.39 Å². The standard InChI is InChI=1S/C28H25FN4O5/c1-28(2,3)38-27(34)22(16-19-11-8-14-37-19)32-26-21(15-18-9-5-4-6-10-18)31-23(17-30-26)20-12-7-13-24(25(20)29)33(35)36/h4-14,16-17H,15H2,1-3H3,(H,30,32). The number of aromatic nitrogens is 2. The molecule has 9 nitrogen and oxygen atoms in total. The summed E-state index contributed by atoms with van der Waals surface area (Å²) in [5.74, 6) is -1.01. The van der Waals surface area contributed by atoms with Crippen LogP contribution in [-0.2, 0) is 16.0 Å². The Bertz CT molecular complexity index is 1480. The molecule has 0 radical (unpaired) electrons. The fraction of sp³-hybridized carbons (Fsp3) is 0.179. The largest absolute Gasteiger partial charge is 0.465 e. The highest BCUT2D eigenvalue weighted by Gasteiger charge is 2.24. The van der Waals surface area contributed by atoms with Crippen LogP contribution in [0, 0.1) is 15.9 Å². The van der Waals surface area contributed by atoms with Gasteiger partial charge in [-0.1, -0.05) is 36.4 Å². The van der Waals surface area contributed by atoms with E-state index in [1.807, 2.05) is 30.3 Å². The number of anilines is 1. The molecule has 0 saturated carbocycles. The molecule has 2 aromatic carbocycles.